The van der Waals surface area contributed by atoms with Gasteiger partial charge in [-0.1, -0.05) is 0 Å². The van der Waals surface area contributed by atoms with E-state index in [1.54, 1.807) is 29.8 Å². The van der Waals surface area contributed by atoms with Gasteiger partial charge in [0.05, 0.1) is 23.5 Å². The minimum atomic E-state index is -0.532. The predicted octanol–water partition coefficient (Wildman–Crippen LogP) is 1.94. The van der Waals surface area contributed by atoms with Gasteiger partial charge in [0, 0.05) is 23.5 Å². The molecule has 20 heavy (non-hydrogen) atoms. The summed E-state index contributed by atoms with van der Waals surface area (Å²) in [6.07, 6.45) is 5.80. The van der Waals surface area contributed by atoms with Gasteiger partial charge in [-0.2, -0.15) is 5.10 Å². The highest BCUT2D eigenvalue weighted by atomic mass is 19.1. The minimum Gasteiger partial charge on any atom is -0.366 e. The number of fused-ring (bicyclic) bond motifs is 1. The molecule has 0 bridgehead atoms. The summed E-state index contributed by atoms with van der Waals surface area (Å²) in [5.41, 5.74) is 8.19. The second-order valence-corrected chi connectivity index (χ2v) is 4.46. The third kappa shape index (κ3) is 1.82. The molecule has 3 aromatic rings. The smallest absolute Gasteiger partial charge is 0.250 e. The van der Waals surface area contributed by atoms with Crippen molar-refractivity contribution in [3.05, 3.63) is 53.9 Å². The van der Waals surface area contributed by atoms with Crippen molar-refractivity contribution in [3.63, 3.8) is 0 Å². The number of pyridine rings is 1. The molecule has 0 aliphatic carbocycles. The molecule has 0 saturated carbocycles. The second-order valence-electron chi connectivity index (χ2n) is 4.46. The van der Waals surface area contributed by atoms with E-state index in [4.69, 9.17) is 5.73 Å². The molecule has 0 aliphatic rings. The van der Waals surface area contributed by atoms with E-state index in [9.17, 15) is 9.18 Å². The first-order valence-electron chi connectivity index (χ1n) is 5.95. The number of aromatic nitrogens is 3. The lowest BCUT2D eigenvalue weighted by Gasteiger charge is -2.02. The number of hydrogen-bond donors (Lipinski definition) is 1. The Hall–Kier alpha value is -2.76. The SMILES string of the molecule is Cc1c(C(N)=O)cnn2cc(-c3ccncc3F)cc12. The normalized spacial score (nSPS) is 10.9. The number of hydrogen-bond acceptors (Lipinski definition) is 3. The van der Waals surface area contributed by atoms with Gasteiger partial charge in [0.1, 0.15) is 5.82 Å². The summed E-state index contributed by atoms with van der Waals surface area (Å²) in [5, 5.41) is 4.12. The first-order chi connectivity index (χ1) is 9.58. The van der Waals surface area contributed by atoms with E-state index in [2.05, 4.69) is 10.1 Å². The highest BCUT2D eigenvalue weighted by molar-refractivity contribution is 5.96. The van der Waals surface area contributed by atoms with Crippen molar-refractivity contribution in [1.29, 1.82) is 0 Å². The number of halogens is 1. The van der Waals surface area contributed by atoms with E-state index in [0.29, 0.717) is 27.8 Å². The van der Waals surface area contributed by atoms with Crippen LogP contribution in [0.15, 0.2) is 36.9 Å². The molecule has 0 unspecified atom stereocenters. The molecular formula is C14H11FN4O. The zero-order valence-corrected chi connectivity index (χ0v) is 10.7. The maximum absolute atomic E-state index is 13.7. The molecule has 0 saturated heterocycles. The van der Waals surface area contributed by atoms with Crippen molar-refractivity contribution in [2.45, 2.75) is 6.92 Å². The van der Waals surface area contributed by atoms with Gasteiger partial charge in [0.25, 0.3) is 5.91 Å². The van der Waals surface area contributed by atoms with Gasteiger partial charge in [-0.25, -0.2) is 8.91 Å². The molecule has 3 rings (SSSR count). The van der Waals surface area contributed by atoms with Crippen molar-refractivity contribution in [1.82, 2.24) is 14.6 Å². The monoisotopic (exact) mass is 270 g/mol. The van der Waals surface area contributed by atoms with Crippen LogP contribution in [-0.2, 0) is 0 Å². The van der Waals surface area contributed by atoms with Crippen LogP contribution in [0, 0.1) is 12.7 Å². The molecule has 2 N–H and O–H groups in total. The molecule has 6 heteroatoms. The van der Waals surface area contributed by atoms with Gasteiger partial charge in [-0.05, 0) is 24.6 Å². The minimum absolute atomic E-state index is 0.359. The molecule has 0 aliphatic heterocycles. The Morgan fingerprint density at radius 2 is 2.20 bits per heavy atom. The van der Waals surface area contributed by atoms with Crippen LogP contribution in [0.2, 0.25) is 0 Å². The Labute approximate surface area is 113 Å². The number of amides is 1. The lowest BCUT2D eigenvalue weighted by Crippen LogP contribution is -2.14. The van der Waals surface area contributed by atoms with Gasteiger partial charge in [-0.15, -0.1) is 0 Å². The summed E-state index contributed by atoms with van der Waals surface area (Å²) in [5.74, 6) is -0.938. The lowest BCUT2D eigenvalue weighted by molar-refractivity contribution is 0.0999. The largest absolute Gasteiger partial charge is 0.366 e. The molecule has 0 radical (unpaired) electrons. The van der Waals surface area contributed by atoms with Crippen LogP contribution in [0.4, 0.5) is 4.39 Å². The molecule has 5 nitrogen and oxygen atoms in total. The van der Waals surface area contributed by atoms with Crippen molar-refractivity contribution >= 4 is 11.4 Å². The van der Waals surface area contributed by atoms with Gasteiger partial charge in [0.15, 0.2) is 0 Å². The number of nitrogens with zero attached hydrogens (tertiary/aromatic N) is 3. The standard InChI is InChI=1S/C14H11FN4O/c1-8-11(14(16)20)5-18-19-7-9(4-13(8)19)10-2-3-17-6-12(10)15/h2-7H,1H3,(H2,16,20). The summed E-state index contributed by atoms with van der Waals surface area (Å²) in [6, 6.07) is 3.36. The van der Waals surface area contributed by atoms with Gasteiger partial charge >= 0.3 is 0 Å². The summed E-state index contributed by atoms with van der Waals surface area (Å²) in [4.78, 5) is 15.0. The number of carbonyl (C=O) groups excluding carboxylic acids is 1. The Morgan fingerprint density at radius 1 is 1.40 bits per heavy atom. The van der Waals surface area contributed by atoms with Gasteiger partial charge in [-0.3, -0.25) is 9.78 Å². The van der Waals surface area contributed by atoms with Crippen LogP contribution in [0.5, 0.6) is 0 Å². The van der Waals surface area contributed by atoms with Crippen LogP contribution in [-0.4, -0.2) is 20.5 Å². The van der Waals surface area contributed by atoms with E-state index in [1.807, 2.05) is 0 Å². The molecule has 0 atom stereocenters. The average Bonchev–Trinajstić information content (AvgIpc) is 2.84. The molecular weight excluding hydrogens is 259 g/mol. The molecule has 0 spiro atoms. The highest BCUT2D eigenvalue weighted by Crippen LogP contribution is 2.26. The number of rotatable bonds is 2. The predicted molar refractivity (Wildman–Crippen MR) is 71.6 cm³/mol. The zero-order valence-electron chi connectivity index (χ0n) is 10.7. The first-order valence-corrected chi connectivity index (χ1v) is 5.95. The van der Waals surface area contributed by atoms with Crippen molar-refractivity contribution in [3.8, 4) is 11.1 Å². The fourth-order valence-corrected chi connectivity index (χ4v) is 2.19. The lowest BCUT2D eigenvalue weighted by atomic mass is 10.1. The Morgan fingerprint density at radius 3 is 2.90 bits per heavy atom. The number of aryl methyl sites for hydroxylation is 1. The second kappa shape index (κ2) is 4.41. The quantitative estimate of drug-likeness (QED) is 0.773. The van der Waals surface area contributed by atoms with E-state index in [0.717, 1.165) is 6.20 Å². The van der Waals surface area contributed by atoms with Crippen LogP contribution < -0.4 is 5.73 Å². The first kappa shape index (κ1) is 12.3. The maximum atomic E-state index is 13.7. The number of nitrogens with two attached hydrogens (primary N) is 1. The van der Waals surface area contributed by atoms with Crippen LogP contribution >= 0.6 is 0 Å². The number of primary amides is 1. The summed E-state index contributed by atoms with van der Waals surface area (Å²) < 4.78 is 15.3. The molecule has 3 heterocycles. The Balaban J connectivity index is 2.24. The fourth-order valence-electron chi connectivity index (χ4n) is 2.19. The van der Waals surface area contributed by atoms with Crippen molar-refractivity contribution < 1.29 is 9.18 Å². The summed E-state index contributed by atoms with van der Waals surface area (Å²) in [7, 11) is 0. The van der Waals surface area contributed by atoms with Crippen LogP contribution in [0.1, 0.15) is 15.9 Å². The summed E-state index contributed by atoms with van der Waals surface area (Å²) in [6.45, 7) is 1.78. The van der Waals surface area contributed by atoms with E-state index < -0.39 is 11.7 Å². The zero-order chi connectivity index (χ0) is 14.3. The molecule has 0 fully saturated rings. The fraction of sp³-hybridized carbons (Fsp3) is 0.0714. The van der Waals surface area contributed by atoms with E-state index in [-0.39, 0.29) is 0 Å². The molecule has 3 aromatic heterocycles. The highest BCUT2D eigenvalue weighted by Gasteiger charge is 2.13. The number of carbonyl (C=O) groups is 1. The maximum Gasteiger partial charge on any atom is 0.250 e. The Bertz CT molecular complexity index is 825. The summed E-state index contributed by atoms with van der Waals surface area (Å²) >= 11 is 0. The van der Waals surface area contributed by atoms with E-state index in [1.165, 1.54) is 12.4 Å². The van der Waals surface area contributed by atoms with Crippen molar-refractivity contribution in [2.75, 3.05) is 0 Å². The third-order valence-electron chi connectivity index (χ3n) is 3.25. The average molecular weight is 270 g/mol. The molecule has 100 valence electrons. The Kier molecular flexibility index (Phi) is 2.71. The molecule has 1 amide bonds. The van der Waals surface area contributed by atoms with Crippen LogP contribution in [0.3, 0.4) is 0 Å². The van der Waals surface area contributed by atoms with E-state index >= 15 is 0 Å². The topological polar surface area (TPSA) is 73.3 Å². The molecule has 0 aromatic carbocycles. The van der Waals surface area contributed by atoms with Crippen molar-refractivity contribution in [2.24, 2.45) is 5.73 Å². The van der Waals surface area contributed by atoms with Gasteiger partial charge in [0.2, 0.25) is 0 Å². The third-order valence-corrected chi connectivity index (χ3v) is 3.25. The van der Waals surface area contributed by atoms with Crippen LogP contribution in [0.25, 0.3) is 16.6 Å². The van der Waals surface area contributed by atoms with Gasteiger partial charge < -0.3 is 5.73 Å².